The average molecular weight is 213 g/mol. The van der Waals surface area contributed by atoms with Crippen LogP contribution in [0, 0.1) is 0 Å². The van der Waals surface area contributed by atoms with Crippen molar-refractivity contribution in [3.8, 4) is 0 Å². The summed E-state index contributed by atoms with van der Waals surface area (Å²) in [7, 11) is 0. The number of aliphatic carboxylic acids is 1. The molecule has 15 heavy (non-hydrogen) atoms. The van der Waals surface area contributed by atoms with E-state index in [-0.39, 0.29) is 0 Å². The fraction of sp³-hybridized carbons (Fsp3) is 0.917. The molecule has 1 N–H and O–H groups in total. The summed E-state index contributed by atoms with van der Waals surface area (Å²) in [5.41, 5.74) is -0.632. The summed E-state index contributed by atoms with van der Waals surface area (Å²) < 4.78 is 0. The molecule has 0 radical (unpaired) electrons. The number of hydrogen-bond acceptors (Lipinski definition) is 2. The highest BCUT2D eigenvalue weighted by atomic mass is 16.4. The van der Waals surface area contributed by atoms with Crippen LogP contribution in [0.25, 0.3) is 0 Å². The minimum absolute atomic E-state index is 0.386. The van der Waals surface area contributed by atoms with Crippen molar-refractivity contribution >= 4 is 5.97 Å². The maximum absolute atomic E-state index is 11.4. The number of carboxylic acid groups (broad SMARTS) is 1. The van der Waals surface area contributed by atoms with Crippen LogP contribution in [0.5, 0.6) is 0 Å². The van der Waals surface area contributed by atoms with Crippen molar-refractivity contribution in [2.75, 3.05) is 6.54 Å². The van der Waals surface area contributed by atoms with E-state index in [1.165, 1.54) is 0 Å². The third kappa shape index (κ3) is 2.51. The number of nitrogens with zero attached hydrogens (tertiary/aromatic N) is 1. The largest absolute Gasteiger partial charge is 0.480 e. The van der Waals surface area contributed by atoms with E-state index in [1.54, 1.807) is 0 Å². The smallest absolute Gasteiger partial charge is 0.323 e. The van der Waals surface area contributed by atoms with Gasteiger partial charge in [0.15, 0.2) is 0 Å². The summed E-state index contributed by atoms with van der Waals surface area (Å²) in [4.78, 5) is 13.5. The molecule has 0 saturated carbocycles. The molecular weight excluding hydrogens is 190 g/mol. The summed E-state index contributed by atoms with van der Waals surface area (Å²) in [6, 6.07) is 0.386. The zero-order valence-electron chi connectivity index (χ0n) is 10.1. The molecule has 0 aromatic heterocycles. The Morgan fingerprint density at radius 1 is 1.53 bits per heavy atom. The van der Waals surface area contributed by atoms with Crippen LogP contribution in [0.2, 0.25) is 0 Å². The first-order valence-corrected chi connectivity index (χ1v) is 6.02. The average Bonchev–Trinajstić information content (AvgIpc) is 2.18. The minimum Gasteiger partial charge on any atom is -0.480 e. The SMILES string of the molecule is CCCC(C)N1CCCCC1(C)C(=O)O. The Hall–Kier alpha value is -0.570. The Kier molecular flexibility index (Phi) is 4.14. The summed E-state index contributed by atoms with van der Waals surface area (Å²) in [5.74, 6) is -0.662. The van der Waals surface area contributed by atoms with Gasteiger partial charge in [0.1, 0.15) is 5.54 Å². The summed E-state index contributed by atoms with van der Waals surface area (Å²) in [5, 5.41) is 9.34. The molecule has 1 saturated heterocycles. The van der Waals surface area contributed by atoms with Crippen LogP contribution >= 0.6 is 0 Å². The number of piperidine rings is 1. The van der Waals surface area contributed by atoms with E-state index in [1.807, 2.05) is 6.92 Å². The van der Waals surface area contributed by atoms with Gasteiger partial charge in [-0.05, 0) is 46.1 Å². The molecule has 1 heterocycles. The van der Waals surface area contributed by atoms with Gasteiger partial charge in [0.2, 0.25) is 0 Å². The molecule has 2 unspecified atom stereocenters. The van der Waals surface area contributed by atoms with Gasteiger partial charge < -0.3 is 5.11 Å². The lowest BCUT2D eigenvalue weighted by Gasteiger charge is -2.45. The molecule has 0 aromatic carbocycles. The molecule has 3 heteroatoms. The van der Waals surface area contributed by atoms with Crippen molar-refractivity contribution in [3.05, 3.63) is 0 Å². The standard InChI is InChI=1S/C12H23NO2/c1-4-7-10(2)13-9-6-5-8-12(13,3)11(14)15/h10H,4-9H2,1-3H3,(H,14,15). The number of hydrogen-bond donors (Lipinski definition) is 1. The van der Waals surface area contributed by atoms with E-state index < -0.39 is 11.5 Å². The first kappa shape index (κ1) is 12.5. The monoisotopic (exact) mass is 213 g/mol. The molecule has 0 spiro atoms. The van der Waals surface area contributed by atoms with Gasteiger partial charge >= 0.3 is 5.97 Å². The van der Waals surface area contributed by atoms with Gasteiger partial charge in [-0.2, -0.15) is 0 Å². The lowest BCUT2D eigenvalue weighted by molar-refractivity contribution is -0.155. The molecule has 1 rings (SSSR count). The molecule has 1 fully saturated rings. The van der Waals surface area contributed by atoms with Gasteiger partial charge in [-0.1, -0.05) is 13.3 Å². The second-order valence-electron chi connectivity index (χ2n) is 4.87. The van der Waals surface area contributed by atoms with Crippen molar-refractivity contribution in [3.63, 3.8) is 0 Å². The Labute approximate surface area is 92.5 Å². The number of likely N-dealkylation sites (tertiary alicyclic amines) is 1. The number of rotatable bonds is 4. The molecule has 1 aliphatic rings. The highest BCUT2D eigenvalue weighted by Gasteiger charge is 2.42. The topological polar surface area (TPSA) is 40.5 Å². The normalized spacial score (nSPS) is 30.1. The first-order valence-electron chi connectivity index (χ1n) is 6.02. The van der Waals surface area contributed by atoms with Gasteiger partial charge in [0.25, 0.3) is 0 Å². The first-order chi connectivity index (χ1) is 7.02. The predicted octanol–water partition coefficient (Wildman–Crippen LogP) is 2.50. The molecule has 2 atom stereocenters. The quantitative estimate of drug-likeness (QED) is 0.780. The van der Waals surface area contributed by atoms with Crippen molar-refractivity contribution < 1.29 is 9.90 Å². The molecule has 0 aromatic rings. The summed E-state index contributed by atoms with van der Waals surface area (Å²) in [6.45, 7) is 7.11. The highest BCUT2D eigenvalue weighted by molar-refractivity contribution is 5.78. The Morgan fingerprint density at radius 3 is 2.73 bits per heavy atom. The maximum atomic E-state index is 11.4. The van der Waals surface area contributed by atoms with Gasteiger partial charge in [0.05, 0.1) is 0 Å². The molecule has 1 aliphatic heterocycles. The van der Waals surface area contributed by atoms with E-state index in [9.17, 15) is 9.90 Å². The van der Waals surface area contributed by atoms with Crippen LogP contribution < -0.4 is 0 Å². The van der Waals surface area contributed by atoms with E-state index >= 15 is 0 Å². The third-order valence-corrected chi connectivity index (χ3v) is 3.65. The van der Waals surface area contributed by atoms with Gasteiger partial charge in [-0.15, -0.1) is 0 Å². The van der Waals surface area contributed by atoms with Crippen LogP contribution in [0.1, 0.15) is 52.9 Å². The molecule has 0 bridgehead atoms. The fourth-order valence-corrected chi connectivity index (χ4v) is 2.65. The lowest BCUT2D eigenvalue weighted by Crippen LogP contribution is -2.58. The Bertz CT molecular complexity index is 230. The molecule has 0 amide bonds. The van der Waals surface area contributed by atoms with Crippen LogP contribution in [-0.4, -0.2) is 34.1 Å². The highest BCUT2D eigenvalue weighted by Crippen LogP contribution is 2.31. The number of carbonyl (C=O) groups is 1. The Morgan fingerprint density at radius 2 is 2.20 bits per heavy atom. The van der Waals surface area contributed by atoms with Gasteiger partial charge in [0, 0.05) is 6.04 Å². The number of carboxylic acids is 1. The van der Waals surface area contributed by atoms with Crippen LogP contribution in [0.15, 0.2) is 0 Å². The lowest BCUT2D eigenvalue weighted by atomic mass is 9.86. The van der Waals surface area contributed by atoms with Crippen molar-refractivity contribution in [2.45, 2.75) is 64.5 Å². The van der Waals surface area contributed by atoms with Crippen LogP contribution in [0.4, 0.5) is 0 Å². The predicted molar refractivity (Wildman–Crippen MR) is 61.0 cm³/mol. The Balaban J connectivity index is 2.77. The molecular formula is C12H23NO2. The molecule has 88 valence electrons. The fourth-order valence-electron chi connectivity index (χ4n) is 2.65. The van der Waals surface area contributed by atoms with E-state index in [0.717, 1.165) is 38.6 Å². The van der Waals surface area contributed by atoms with E-state index in [2.05, 4.69) is 18.7 Å². The second-order valence-corrected chi connectivity index (χ2v) is 4.87. The van der Waals surface area contributed by atoms with Crippen molar-refractivity contribution in [1.82, 2.24) is 4.90 Å². The molecule has 0 aliphatic carbocycles. The minimum atomic E-state index is -0.662. The summed E-state index contributed by atoms with van der Waals surface area (Å²) >= 11 is 0. The van der Waals surface area contributed by atoms with Crippen molar-refractivity contribution in [1.29, 1.82) is 0 Å². The summed E-state index contributed by atoms with van der Waals surface area (Å²) in [6.07, 6.45) is 5.17. The van der Waals surface area contributed by atoms with Gasteiger partial charge in [-0.3, -0.25) is 9.69 Å². The third-order valence-electron chi connectivity index (χ3n) is 3.65. The van der Waals surface area contributed by atoms with E-state index in [0.29, 0.717) is 6.04 Å². The maximum Gasteiger partial charge on any atom is 0.323 e. The second kappa shape index (κ2) is 4.97. The zero-order valence-corrected chi connectivity index (χ0v) is 10.1. The van der Waals surface area contributed by atoms with Crippen molar-refractivity contribution in [2.24, 2.45) is 0 Å². The van der Waals surface area contributed by atoms with E-state index in [4.69, 9.17) is 0 Å². The van der Waals surface area contributed by atoms with Crippen LogP contribution in [-0.2, 0) is 4.79 Å². The van der Waals surface area contributed by atoms with Gasteiger partial charge in [-0.25, -0.2) is 0 Å². The molecule has 3 nitrogen and oxygen atoms in total. The zero-order chi connectivity index (χ0) is 11.5. The van der Waals surface area contributed by atoms with Crippen LogP contribution in [0.3, 0.4) is 0 Å².